The number of hydrogen-bond acceptors (Lipinski definition) is 1. The topological polar surface area (TPSA) is 17.1 Å². The molecule has 0 spiro atoms. The maximum absolute atomic E-state index is 13.1. The molecule has 0 aromatic heterocycles. The van der Waals surface area contributed by atoms with Crippen molar-refractivity contribution >= 4 is 33.3 Å². The second-order valence-corrected chi connectivity index (χ2v) is 5.18. The molecular weight excluding hydrogens is 319 g/mol. The van der Waals surface area contributed by atoms with E-state index in [1.165, 1.54) is 18.2 Å². The lowest BCUT2D eigenvalue weighted by Crippen LogP contribution is -2.02. The van der Waals surface area contributed by atoms with Crippen molar-refractivity contribution in [1.29, 1.82) is 0 Å². The lowest BCUT2D eigenvalue weighted by molar-refractivity contribution is 0.103. The molecule has 18 heavy (non-hydrogen) atoms. The number of halogens is 3. The quantitative estimate of drug-likeness (QED) is 0.725. The molecule has 0 unspecified atom stereocenters. The van der Waals surface area contributed by atoms with Gasteiger partial charge in [-0.2, -0.15) is 0 Å². The van der Waals surface area contributed by atoms with Gasteiger partial charge in [0.05, 0.1) is 4.47 Å². The van der Waals surface area contributed by atoms with Gasteiger partial charge in [-0.3, -0.25) is 4.79 Å². The summed E-state index contributed by atoms with van der Waals surface area (Å²) in [6, 6.07) is 9.27. The maximum Gasteiger partial charge on any atom is 0.193 e. The Bertz CT molecular complexity index is 572. The van der Waals surface area contributed by atoms with Gasteiger partial charge in [0.1, 0.15) is 5.82 Å². The van der Waals surface area contributed by atoms with E-state index in [-0.39, 0.29) is 16.1 Å². The number of rotatable bonds is 2. The molecule has 0 saturated carbocycles. The second kappa shape index (κ2) is 5.21. The third-order valence-electron chi connectivity index (χ3n) is 2.60. The van der Waals surface area contributed by atoms with Gasteiger partial charge < -0.3 is 0 Å². The largest absolute Gasteiger partial charge is 0.289 e. The van der Waals surface area contributed by atoms with Crippen molar-refractivity contribution in [3.05, 3.63) is 68.4 Å². The molecule has 1 nitrogen and oxygen atoms in total. The highest BCUT2D eigenvalue weighted by Gasteiger charge is 2.12. The van der Waals surface area contributed by atoms with Crippen molar-refractivity contribution in [3.63, 3.8) is 0 Å². The van der Waals surface area contributed by atoms with E-state index in [1.807, 2.05) is 6.92 Å². The van der Waals surface area contributed by atoms with Gasteiger partial charge in [-0.15, -0.1) is 0 Å². The molecule has 0 heterocycles. The van der Waals surface area contributed by atoms with E-state index >= 15 is 0 Å². The Hall–Kier alpha value is -1.19. The summed E-state index contributed by atoms with van der Waals surface area (Å²) in [5.41, 5.74) is 1.81. The fourth-order valence-electron chi connectivity index (χ4n) is 1.59. The zero-order valence-electron chi connectivity index (χ0n) is 9.51. The molecule has 0 fully saturated rings. The first kappa shape index (κ1) is 13.2. The molecule has 0 N–H and O–H groups in total. The fraction of sp³-hybridized carbons (Fsp3) is 0.0714. The van der Waals surface area contributed by atoms with Crippen LogP contribution in [0.25, 0.3) is 0 Å². The number of ketones is 1. The van der Waals surface area contributed by atoms with Gasteiger partial charge in [-0.1, -0.05) is 11.6 Å². The van der Waals surface area contributed by atoms with E-state index < -0.39 is 0 Å². The van der Waals surface area contributed by atoms with E-state index in [1.54, 1.807) is 18.2 Å². The van der Waals surface area contributed by atoms with Gasteiger partial charge in [-0.25, -0.2) is 4.39 Å². The van der Waals surface area contributed by atoms with Crippen LogP contribution in [-0.4, -0.2) is 5.78 Å². The van der Waals surface area contributed by atoms with Crippen LogP contribution in [0, 0.1) is 12.7 Å². The van der Waals surface area contributed by atoms with E-state index in [0.29, 0.717) is 16.1 Å². The molecule has 0 bridgehead atoms. The van der Waals surface area contributed by atoms with Crippen LogP contribution in [0.4, 0.5) is 4.39 Å². The number of carbonyl (C=O) groups excluding carboxylic acids is 1. The first-order valence-corrected chi connectivity index (χ1v) is 6.42. The molecule has 0 aliphatic heterocycles. The second-order valence-electron chi connectivity index (χ2n) is 3.92. The van der Waals surface area contributed by atoms with Gasteiger partial charge in [0.2, 0.25) is 0 Å². The van der Waals surface area contributed by atoms with Gasteiger partial charge in [0.25, 0.3) is 0 Å². The van der Waals surface area contributed by atoms with Crippen LogP contribution in [-0.2, 0) is 0 Å². The Balaban J connectivity index is 2.41. The van der Waals surface area contributed by atoms with Crippen LogP contribution >= 0.6 is 27.5 Å². The summed E-state index contributed by atoms with van der Waals surface area (Å²) in [5, 5.41) is 0.617. The average Bonchev–Trinajstić information content (AvgIpc) is 2.35. The van der Waals surface area contributed by atoms with Crippen LogP contribution < -0.4 is 0 Å². The van der Waals surface area contributed by atoms with Crippen LogP contribution in [0.5, 0.6) is 0 Å². The third-order valence-corrected chi connectivity index (χ3v) is 3.63. The average molecular weight is 328 g/mol. The van der Waals surface area contributed by atoms with Crippen molar-refractivity contribution in [2.24, 2.45) is 0 Å². The number of hydrogen-bond donors (Lipinski definition) is 0. The number of carbonyl (C=O) groups is 1. The van der Waals surface area contributed by atoms with Crippen molar-refractivity contribution in [3.8, 4) is 0 Å². The summed E-state index contributed by atoms with van der Waals surface area (Å²) in [7, 11) is 0. The zero-order valence-corrected chi connectivity index (χ0v) is 11.8. The smallest absolute Gasteiger partial charge is 0.193 e. The molecule has 2 aromatic carbocycles. The standard InChI is InChI=1S/C14H9BrClFO/c1-8-6-9(2-4-12(8)16)14(18)10-3-5-13(17)11(15)7-10/h2-7H,1H3. The zero-order chi connectivity index (χ0) is 13.3. The Labute approximate surface area is 118 Å². The SMILES string of the molecule is Cc1cc(C(=O)c2ccc(F)c(Br)c2)ccc1Cl. The Morgan fingerprint density at radius 3 is 2.39 bits per heavy atom. The summed E-state index contributed by atoms with van der Waals surface area (Å²) in [5.74, 6) is -0.547. The van der Waals surface area contributed by atoms with Crippen LogP contribution in [0.3, 0.4) is 0 Å². The molecule has 0 aliphatic carbocycles. The summed E-state index contributed by atoms with van der Waals surface area (Å²) in [4.78, 5) is 12.2. The Morgan fingerprint density at radius 1 is 1.17 bits per heavy atom. The van der Waals surface area contributed by atoms with Crippen LogP contribution in [0.2, 0.25) is 5.02 Å². The molecule has 0 radical (unpaired) electrons. The van der Waals surface area contributed by atoms with Gasteiger partial charge in [0, 0.05) is 16.1 Å². The fourth-order valence-corrected chi connectivity index (χ4v) is 2.09. The van der Waals surface area contributed by atoms with Crippen molar-refractivity contribution < 1.29 is 9.18 Å². The predicted molar refractivity (Wildman–Crippen MR) is 73.7 cm³/mol. The van der Waals surface area contributed by atoms with Gasteiger partial charge >= 0.3 is 0 Å². The van der Waals surface area contributed by atoms with E-state index in [0.717, 1.165) is 5.56 Å². The summed E-state index contributed by atoms with van der Waals surface area (Å²) < 4.78 is 13.4. The lowest BCUT2D eigenvalue weighted by atomic mass is 10.0. The minimum Gasteiger partial charge on any atom is -0.289 e. The molecule has 4 heteroatoms. The van der Waals surface area contributed by atoms with Crippen LogP contribution in [0.1, 0.15) is 21.5 Å². The predicted octanol–water partition coefficient (Wildman–Crippen LogP) is 4.78. The summed E-state index contributed by atoms with van der Waals surface area (Å²) >= 11 is 8.97. The monoisotopic (exact) mass is 326 g/mol. The molecule has 0 aliphatic rings. The molecule has 0 atom stereocenters. The highest BCUT2D eigenvalue weighted by Crippen LogP contribution is 2.21. The number of benzene rings is 2. The Morgan fingerprint density at radius 2 is 1.78 bits per heavy atom. The minimum absolute atomic E-state index is 0.157. The maximum atomic E-state index is 13.1. The van der Waals surface area contributed by atoms with Crippen LogP contribution in [0.15, 0.2) is 40.9 Å². The first-order chi connectivity index (χ1) is 8.49. The van der Waals surface area contributed by atoms with E-state index in [4.69, 9.17) is 11.6 Å². The Kier molecular flexibility index (Phi) is 3.83. The van der Waals surface area contributed by atoms with Crippen molar-refractivity contribution in [2.75, 3.05) is 0 Å². The summed E-state index contributed by atoms with van der Waals surface area (Å²) in [6.07, 6.45) is 0. The van der Waals surface area contributed by atoms with E-state index in [9.17, 15) is 9.18 Å². The van der Waals surface area contributed by atoms with Crippen molar-refractivity contribution in [2.45, 2.75) is 6.92 Å². The van der Waals surface area contributed by atoms with E-state index in [2.05, 4.69) is 15.9 Å². The van der Waals surface area contributed by atoms with Gasteiger partial charge in [-0.05, 0) is 64.8 Å². The molecule has 0 amide bonds. The van der Waals surface area contributed by atoms with Gasteiger partial charge in [0.15, 0.2) is 5.78 Å². The first-order valence-electron chi connectivity index (χ1n) is 5.25. The highest BCUT2D eigenvalue weighted by molar-refractivity contribution is 9.10. The molecule has 2 aromatic rings. The molecule has 92 valence electrons. The summed E-state index contributed by atoms with van der Waals surface area (Å²) in [6.45, 7) is 1.83. The highest BCUT2D eigenvalue weighted by atomic mass is 79.9. The van der Waals surface area contributed by atoms with Crippen molar-refractivity contribution in [1.82, 2.24) is 0 Å². The number of aryl methyl sites for hydroxylation is 1. The normalized spacial score (nSPS) is 10.4. The molecule has 0 saturated heterocycles. The lowest BCUT2D eigenvalue weighted by Gasteiger charge is -2.04. The minimum atomic E-state index is -0.390. The molecule has 2 rings (SSSR count). The molecular formula is C14H9BrClFO. The third kappa shape index (κ3) is 2.62.